The minimum atomic E-state index is 0.0852. The molecule has 1 amide bonds. The number of piperazine rings is 1. The molecule has 6 heteroatoms. The summed E-state index contributed by atoms with van der Waals surface area (Å²) in [7, 11) is 1.78. The van der Waals surface area contributed by atoms with Gasteiger partial charge in [0.2, 0.25) is 5.91 Å². The second-order valence-corrected chi connectivity index (χ2v) is 6.14. The van der Waals surface area contributed by atoms with Crippen LogP contribution in [0.4, 0.5) is 5.69 Å². The predicted molar refractivity (Wildman–Crippen MR) is 94.7 cm³/mol. The van der Waals surface area contributed by atoms with Crippen LogP contribution in [0.3, 0.4) is 0 Å². The Morgan fingerprint density at radius 3 is 2.65 bits per heavy atom. The van der Waals surface area contributed by atoms with Crippen LogP contribution in [0, 0.1) is 5.92 Å². The summed E-state index contributed by atoms with van der Waals surface area (Å²) in [5.41, 5.74) is 2.27. The summed E-state index contributed by atoms with van der Waals surface area (Å²) in [6.45, 7) is 7.95. The molecule has 1 aromatic rings. The van der Waals surface area contributed by atoms with E-state index in [2.05, 4.69) is 64.0 Å². The minimum Gasteiger partial charge on any atom is -0.360 e. The molecule has 0 spiro atoms. The highest BCUT2D eigenvalue weighted by Crippen LogP contribution is 2.15. The lowest BCUT2D eigenvalue weighted by Gasteiger charge is -2.28. The lowest BCUT2D eigenvalue weighted by atomic mass is 10.2. The molecular formula is C17H27N5O. The molecule has 1 aliphatic heterocycles. The van der Waals surface area contributed by atoms with Crippen molar-refractivity contribution in [2.75, 3.05) is 38.1 Å². The number of carbonyl (C=O) groups is 1. The van der Waals surface area contributed by atoms with E-state index in [4.69, 9.17) is 0 Å². The highest BCUT2D eigenvalue weighted by molar-refractivity contribution is 5.82. The van der Waals surface area contributed by atoms with E-state index < -0.39 is 0 Å². The Morgan fingerprint density at radius 2 is 2.04 bits per heavy atom. The molecule has 23 heavy (non-hydrogen) atoms. The summed E-state index contributed by atoms with van der Waals surface area (Å²) in [4.78, 5) is 17.8. The second-order valence-electron chi connectivity index (χ2n) is 6.14. The molecule has 0 aliphatic carbocycles. The normalized spacial score (nSPS) is 15.6. The summed E-state index contributed by atoms with van der Waals surface area (Å²) in [6.07, 6.45) is 0. The minimum absolute atomic E-state index is 0.0852. The smallest absolute Gasteiger partial charge is 0.239 e. The molecule has 6 nitrogen and oxygen atoms in total. The molecule has 1 aromatic carbocycles. The van der Waals surface area contributed by atoms with Crippen molar-refractivity contribution in [2.24, 2.45) is 10.9 Å². The van der Waals surface area contributed by atoms with E-state index in [9.17, 15) is 4.79 Å². The number of anilines is 1. The van der Waals surface area contributed by atoms with E-state index in [-0.39, 0.29) is 5.91 Å². The maximum absolute atomic E-state index is 11.5. The van der Waals surface area contributed by atoms with E-state index in [0.717, 1.165) is 31.3 Å². The van der Waals surface area contributed by atoms with Gasteiger partial charge in [-0.15, -0.1) is 0 Å². The van der Waals surface area contributed by atoms with E-state index >= 15 is 0 Å². The van der Waals surface area contributed by atoms with Gasteiger partial charge in [0.25, 0.3) is 0 Å². The van der Waals surface area contributed by atoms with Crippen LogP contribution < -0.4 is 20.9 Å². The third kappa shape index (κ3) is 5.47. The largest absolute Gasteiger partial charge is 0.360 e. The number of carbonyl (C=O) groups excluding carboxylic acids is 1. The first-order valence-electron chi connectivity index (χ1n) is 8.13. The zero-order valence-corrected chi connectivity index (χ0v) is 14.2. The Kier molecular flexibility index (Phi) is 6.26. The lowest BCUT2D eigenvalue weighted by molar-refractivity contribution is -0.120. The van der Waals surface area contributed by atoms with Gasteiger partial charge in [-0.3, -0.25) is 9.79 Å². The van der Waals surface area contributed by atoms with Crippen molar-refractivity contribution < 1.29 is 4.79 Å². The Morgan fingerprint density at radius 1 is 1.30 bits per heavy atom. The van der Waals surface area contributed by atoms with Gasteiger partial charge >= 0.3 is 0 Å². The number of rotatable bonds is 5. The number of guanidine groups is 1. The molecular weight excluding hydrogens is 290 g/mol. The summed E-state index contributed by atoms with van der Waals surface area (Å²) < 4.78 is 0. The van der Waals surface area contributed by atoms with Crippen molar-refractivity contribution >= 4 is 17.6 Å². The molecule has 1 fully saturated rings. The molecule has 0 saturated carbocycles. The number of hydrogen-bond acceptors (Lipinski definition) is 3. The number of amides is 1. The van der Waals surface area contributed by atoms with Gasteiger partial charge in [-0.05, 0) is 23.6 Å². The van der Waals surface area contributed by atoms with Gasteiger partial charge in [-0.1, -0.05) is 26.0 Å². The van der Waals surface area contributed by atoms with Gasteiger partial charge in [0.15, 0.2) is 5.96 Å². The standard InChI is InChI=1S/C17H27N5O/c1-13(2)10-20-17(18-3)21-11-14-4-6-15(7-5-14)22-9-8-19-16(23)12-22/h4-7,13H,8-12H2,1-3H3,(H,19,23)(H2,18,20,21). The lowest BCUT2D eigenvalue weighted by Crippen LogP contribution is -2.47. The summed E-state index contributed by atoms with van der Waals surface area (Å²) in [5.74, 6) is 1.48. The monoisotopic (exact) mass is 317 g/mol. The van der Waals surface area contributed by atoms with Crippen molar-refractivity contribution in [1.29, 1.82) is 0 Å². The van der Waals surface area contributed by atoms with Crippen molar-refractivity contribution in [3.63, 3.8) is 0 Å². The third-order valence-electron chi connectivity index (χ3n) is 3.70. The Bertz CT molecular complexity index is 538. The first-order chi connectivity index (χ1) is 11.1. The molecule has 0 radical (unpaired) electrons. The summed E-state index contributed by atoms with van der Waals surface area (Å²) >= 11 is 0. The first kappa shape index (κ1) is 17.1. The second kappa shape index (κ2) is 8.41. The summed E-state index contributed by atoms with van der Waals surface area (Å²) in [5, 5.41) is 9.44. The van der Waals surface area contributed by atoms with Crippen molar-refractivity contribution in [3.8, 4) is 0 Å². The Labute approximate surface area is 138 Å². The highest BCUT2D eigenvalue weighted by atomic mass is 16.2. The van der Waals surface area contributed by atoms with Crippen LogP contribution in [0.15, 0.2) is 29.3 Å². The average Bonchev–Trinajstić information content (AvgIpc) is 2.55. The van der Waals surface area contributed by atoms with Gasteiger partial charge in [0, 0.05) is 38.9 Å². The van der Waals surface area contributed by atoms with Crippen LogP contribution in [-0.2, 0) is 11.3 Å². The first-order valence-corrected chi connectivity index (χ1v) is 8.13. The average molecular weight is 317 g/mol. The maximum atomic E-state index is 11.5. The van der Waals surface area contributed by atoms with Crippen LogP contribution in [0.5, 0.6) is 0 Å². The fourth-order valence-corrected chi connectivity index (χ4v) is 2.39. The molecule has 1 aliphatic rings. The van der Waals surface area contributed by atoms with Gasteiger partial charge < -0.3 is 20.9 Å². The number of hydrogen-bond donors (Lipinski definition) is 3. The Balaban J connectivity index is 1.86. The molecule has 126 valence electrons. The molecule has 0 aromatic heterocycles. The van der Waals surface area contributed by atoms with Crippen LogP contribution in [-0.4, -0.2) is 45.1 Å². The summed E-state index contributed by atoms with van der Waals surface area (Å²) in [6, 6.07) is 8.31. The molecule has 3 N–H and O–H groups in total. The third-order valence-corrected chi connectivity index (χ3v) is 3.70. The fourth-order valence-electron chi connectivity index (χ4n) is 2.39. The zero-order valence-electron chi connectivity index (χ0n) is 14.2. The predicted octanol–water partition coefficient (Wildman–Crippen LogP) is 0.944. The van der Waals surface area contributed by atoms with Crippen LogP contribution in [0.2, 0.25) is 0 Å². The number of aliphatic imine (C=N–C) groups is 1. The molecule has 0 bridgehead atoms. The van der Waals surface area contributed by atoms with Gasteiger partial charge in [0.05, 0.1) is 6.54 Å². The molecule has 2 rings (SSSR count). The zero-order chi connectivity index (χ0) is 16.7. The number of nitrogens with zero attached hydrogens (tertiary/aromatic N) is 2. The van der Waals surface area contributed by atoms with Crippen molar-refractivity contribution in [3.05, 3.63) is 29.8 Å². The van der Waals surface area contributed by atoms with Gasteiger partial charge in [-0.2, -0.15) is 0 Å². The van der Waals surface area contributed by atoms with E-state index in [0.29, 0.717) is 19.0 Å². The van der Waals surface area contributed by atoms with Crippen LogP contribution >= 0.6 is 0 Å². The fraction of sp³-hybridized carbons (Fsp3) is 0.529. The van der Waals surface area contributed by atoms with E-state index in [1.165, 1.54) is 5.56 Å². The van der Waals surface area contributed by atoms with Crippen LogP contribution in [0.25, 0.3) is 0 Å². The molecule has 1 saturated heterocycles. The quantitative estimate of drug-likeness (QED) is 0.558. The molecule has 1 heterocycles. The SMILES string of the molecule is CN=C(NCc1ccc(N2CCNC(=O)C2)cc1)NCC(C)C. The van der Waals surface area contributed by atoms with E-state index in [1.807, 2.05) is 0 Å². The maximum Gasteiger partial charge on any atom is 0.239 e. The number of nitrogens with one attached hydrogen (secondary N) is 3. The van der Waals surface area contributed by atoms with Crippen molar-refractivity contribution in [1.82, 2.24) is 16.0 Å². The highest BCUT2D eigenvalue weighted by Gasteiger charge is 2.16. The van der Waals surface area contributed by atoms with E-state index in [1.54, 1.807) is 7.05 Å². The molecule has 0 unspecified atom stereocenters. The molecule has 0 atom stereocenters. The van der Waals surface area contributed by atoms with Crippen LogP contribution in [0.1, 0.15) is 19.4 Å². The van der Waals surface area contributed by atoms with Gasteiger partial charge in [0.1, 0.15) is 0 Å². The van der Waals surface area contributed by atoms with Crippen molar-refractivity contribution in [2.45, 2.75) is 20.4 Å². The Hall–Kier alpha value is -2.24. The topological polar surface area (TPSA) is 68.8 Å². The number of benzene rings is 1. The van der Waals surface area contributed by atoms with Gasteiger partial charge in [-0.25, -0.2) is 0 Å².